The van der Waals surface area contributed by atoms with Crippen LogP contribution in [-0.2, 0) is 4.79 Å². The molecule has 2 rings (SSSR count). The number of rotatable bonds is 4. The Hall–Kier alpha value is -2.03. The van der Waals surface area contributed by atoms with E-state index in [1.165, 1.54) is 7.11 Å². The van der Waals surface area contributed by atoms with E-state index in [1.54, 1.807) is 18.2 Å². The number of ether oxygens (including phenoxy) is 1. The van der Waals surface area contributed by atoms with Gasteiger partial charge in [-0.1, -0.05) is 24.3 Å². The monoisotopic (exact) mass is 258 g/mol. The molecule has 1 aliphatic rings. The minimum atomic E-state index is 0.111. The summed E-state index contributed by atoms with van der Waals surface area (Å²) in [6, 6.07) is 5.19. The molecule has 0 saturated carbocycles. The molecule has 3 nitrogen and oxygen atoms in total. The molecule has 0 aromatic heterocycles. The van der Waals surface area contributed by atoms with Gasteiger partial charge in [-0.15, -0.1) is 0 Å². The number of hydrogen-bond donors (Lipinski definition) is 1. The van der Waals surface area contributed by atoms with Crippen molar-refractivity contribution >= 4 is 11.9 Å². The lowest BCUT2D eigenvalue weighted by atomic mass is 9.90. The van der Waals surface area contributed by atoms with E-state index in [4.69, 9.17) is 4.74 Å². The molecule has 0 saturated heterocycles. The maximum absolute atomic E-state index is 11.6. The molecule has 0 radical (unpaired) electrons. The summed E-state index contributed by atoms with van der Waals surface area (Å²) in [5.41, 5.74) is 0.952. The molecule has 1 atom stereocenters. The molecule has 0 bridgehead atoms. The van der Waals surface area contributed by atoms with Crippen molar-refractivity contribution in [3.05, 3.63) is 42.0 Å². The Labute approximate surface area is 113 Å². The van der Waals surface area contributed by atoms with Gasteiger partial charge in [0.1, 0.15) is 0 Å². The number of aromatic hydroxyl groups is 1. The minimum Gasteiger partial charge on any atom is -0.504 e. The molecule has 19 heavy (non-hydrogen) atoms. The summed E-state index contributed by atoms with van der Waals surface area (Å²) in [5, 5.41) is 9.50. The van der Waals surface area contributed by atoms with Crippen LogP contribution in [0.1, 0.15) is 24.8 Å². The zero-order valence-electron chi connectivity index (χ0n) is 11.0. The predicted octanol–water partition coefficient (Wildman–Crippen LogP) is 3.34. The van der Waals surface area contributed by atoms with Crippen molar-refractivity contribution in [3.8, 4) is 11.5 Å². The van der Waals surface area contributed by atoms with Crippen LogP contribution in [0.3, 0.4) is 0 Å². The standard InChI is InChI=1S/C16H18O3/c1-19-16-11-12(9-10-15(16)18)5-4-7-13-6-2-3-8-14(13)17/h3-5,8-11,13,18H,2,6-7H2,1H3/b5-4+. The second kappa shape index (κ2) is 6.23. The lowest BCUT2D eigenvalue weighted by molar-refractivity contribution is -0.118. The number of ketones is 1. The predicted molar refractivity (Wildman–Crippen MR) is 75.2 cm³/mol. The maximum atomic E-state index is 11.6. The number of phenols is 1. The smallest absolute Gasteiger partial charge is 0.161 e. The van der Waals surface area contributed by atoms with Crippen LogP contribution in [0.2, 0.25) is 0 Å². The molecule has 0 heterocycles. The number of methoxy groups -OCH3 is 1. The summed E-state index contributed by atoms with van der Waals surface area (Å²) in [7, 11) is 1.52. The fourth-order valence-corrected chi connectivity index (χ4v) is 2.18. The fraction of sp³-hybridized carbons (Fsp3) is 0.312. The number of hydrogen-bond acceptors (Lipinski definition) is 3. The zero-order chi connectivity index (χ0) is 13.7. The van der Waals surface area contributed by atoms with E-state index < -0.39 is 0 Å². The Morgan fingerprint density at radius 3 is 3.05 bits per heavy atom. The lowest BCUT2D eigenvalue weighted by Gasteiger charge is -2.13. The van der Waals surface area contributed by atoms with Gasteiger partial charge in [0.25, 0.3) is 0 Å². The van der Waals surface area contributed by atoms with Crippen molar-refractivity contribution in [2.24, 2.45) is 5.92 Å². The van der Waals surface area contributed by atoms with Crippen molar-refractivity contribution in [2.45, 2.75) is 19.3 Å². The molecule has 0 fully saturated rings. The van der Waals surface area contributed by atoms with Crippen molar-refractivity contribution in [2.75, 3.05) is 7.11 Å². The maximum Gasteiger partial charge on any atom is 0.161 e. The second-order valence-corrected chi connectivity index (χ2v) is 4.65. The van der Waals surface area contributed by atoms with Crippen molar-refractivity contribution in [1.29, 1.82) is 0 Å². The van der Waals surface area contributed by atoms with Crippen LogP contribution in [-0.4, -0.2) is 18.0 Å². The summed E-state index contributed by atoms with van der Waals surface area (Å²) >= 11 is 0. The third-order valence-electron chi connectivity index (χ3n) is 3.30. The number of carbonyl (C=O) groups is 1. The van der Waals surface area contributed by atoms with Gasteiger partial charge in [0.2, 0.25) is 0 Å². The van der Waals surface area contributed by atoms with Crippen LogP contribution in [0.4, 0.5) is 0 Å². The van der Waals surface area contributed by atoms with E-state index >= 15 is 0 Å². The highest BCUT2D eigenvalue weighted by Crippen LogP contribution is 2.27. The molecule has 100 valence electrons. The highest BCUT2D eigenvalue weighted by molar-refractivity contribution is 5.92. The van der Waals surface area contributed by atoms with Gasteiger partial charge in [-0.2, -0.15) is 0 Å². The quantitative estimate of drug-likeness (QED) is 0.901. The molecule has 1 aromatic rings. The summed E-state index contributed by atoms with van der Waals surface area (Å²) in [6.07, 6.45) is 10.3. The van der Waals surface area contributed by atoms with Gasteiger partial charge in [0, 0.05) is 5.92 Å². The molecule has 3 heteroatoms. The Bertz CT molecular complexity index is 515. The zero-order valence-corrected chi connectivity index (χ0v) is 11.0. The van der Waals surface area contributed by atoms with E-state index in [9.17, 15) is 9.90 Å². The number of benzene rings is 1. The normalized spacial score (nSPS) is 19.0. The van der Waals surface area contributed by atoms with Gasteiger partial charge < -0.3 is 9.84 Å². The highest BCUT2D eigenvalue weighted by Gasteiger charge is 2.16. The van der Waals surface area contributed by atoms with Gasteiger partial charge in [0.05, 0.1) is 7.11 Å². The molecular formula is C16H18O3. The van der Waals surface area contributed by atoms with E-state index in [1.807, 2.05) is 24.3 Å². The van der Waals surface area contributed by atoms with Crippen molar-refractivity contribution < 1.29 is 14.6 Å². The molecule has 1 unspecified atom stereocenters. The summed E-state index contributed by atoms with van der Waals surface area (Å²) in [6.45, 7) is 0. The Morgan fingerprint density at radius 2 is 2.32 bits per heavy atom. The average Bonchev–Trinajstić information content (AvgIpc) is 2.43. The Balaban J connectivity index is 1.99. The van der Waals surface area contributed by atoms with Gasteiger partial charge in [-0.05, 0) is 43.0 Å². The minimum absolute atomic E-state index is 0.111. The van der Waals surface area contributed by atoms with Gasteiger partial charge >= 0.3 is 0 Å². The Kier molecular flexibility index (Phi) is 4.39. The first-order valence-electron chi connectivity index (χ1n) is 6.44. The topological polar surface area (TPSA) is 46.5 Å². The van der Waals surface area contributed by atoms with Crippen LogP contribution < -0.4 is 4.74 Å². The average molecular weight is 258 g/mol. The largest absolute Gasteiger partial charge is 0.504 e. The number of phenolic OH excluding ortho intramolecular Hbond substituents is 1. The van der Waals surface area contributed by atoms with Crippen LogP contribution in [0.25, 0.3) is 6.08 Å². The van der Waals surface area contributed by atoms with Gasteiger partial charge in [-0.3, -0.25) is 4.79 Å². The molecule has 1 aliphatic carbocycles. The van der Waals surface area contributed by atoms with E-state index in [0.717, 1.165) is 24.8 Å². The van der Waals surface area contributed by atoms with Crippen LogP contribution in [0, 0.1) is 5.92 Å². The Morgan fingerprint density at radius 1 is 1.47 bits per heavy atom. The summed E-state index contributed by atoms with van der Waals surface area (Å²) in [4.78, 5) is 11.6. The molecule has 0 spiro atoms. The van der Waals surface area contributed by atoms with E-state index in [2.05, 4.69) is 0 Å². The van der Waals surface area contributed by atoms with Crippen LogP contribution in [0.5, 0.6) is 11.5 Å². The highest BCUT2D eigenvalue weighted by atomic mass is 16.5. The van der Waals surface area contributed by atoms with Crippen molar-refractivity contribution in [1.82, 2.24) is 0 Å². The first-order valence-corrected chi connectivity index (χ1v) is 6.44. The first kappa shape index (κ1) is 13.4. The van der Waals surface area contributed by atoms with E-state index in [0.29, 0.717) is 5.75 Å². The number of carbonyl (C=O) groups excluding carboxylic acids is 1. The molecular weight excluding hydrogens is 240 g/mol. The van der Waals surface area contributed by atoms with Gasteiger partial charge in [0.15, 0.2) is 17.3 Å². The van der Waals surface area contributed by atoms with E-state index in [-0.39, 0.29) is 17.5 Å². The fourth-order valence-electron chi connectivity index (χ4n) is 2.18. The lowest BCUT2D eigenvalue weighted by Crippen LogP contribution is -2.13. The van der Waals surface area contributed by atoms with Gasteiger partial charge in [-0.25, -0.2) is 0 Å². The summed E-state index contributed by atoms with van der Waals surface area (Å²) < 4.78 is 5.05. The van der Waals surface area contributed by atoms with Crippen LogP contribution in [0.15, 0.2) is 36.4 Å². The summed E-state index contributed by atoms with van der Waals surface area (Å²) in [5.74, 6) is 0.922. The first-order chi connectivity index (χ1) is 9.20. The third kappa shape index (κ3) is 3.47. The molecule has 0 aliphatic heterocycles. The van der Waals surface area contributed by atoms with Crippen molar-refractivity contribution in [3.63, 3.8) is 0 Å². The molecule has 0 amide bonds. The molecule has 1 aromatic carbocycles. The number of allylic oxidation sites excluding steroid dienone is 3. The third-order valence-corrected chi connectivity index (χ3v) is 3.30. The SMILES string of the molecule is COc1cc(/C=C/CC2CCC=CC2=O)ccc1O. The van der Waals surface area contributed by atoms with Crippen LogP contribution >= 0.6 is 0 Å². The molecule has 1 N–H and O–H groups in total. The second-order valence-electron chi connectivity index (χ2n) is 4.65.